The quantitative estimate of drug-likeness (QED) is 0.738. The van der Waals surface area contributed by atoms with E-state index >= 15 is 0 Å². The summed E-state index contributed by atoms with van der Waals surface area (Å²) in [6, 6.07) is 0.447. The van der Waals surface area contributed by atoms with Crippen LogP contribution in [0.15, 0.2) is 0 Å². The highest BCUT2D eigenvalue weighted by atomic mass is 16.5. The van der Waals surface area contributed by atoms with E-state index in [1.807, 2.05) is 0 Å². The van der Waals surface area contributed by atoms with Crippen molar-refractivity contribution in [2.75, 3.05) is 6.61 Å². The fourth-order valence-corrected chi connectivity index (χ4v) is 3.53. The summed E-state index contributed by atoms with van der Waals surface area (Å²) in [6.45, 7) is 2.95. The summed E-state index contributed by atoms with van der Waals surface area (Å²) in [5.41, 5.74) is 6.24. The van der Waals surface area contributed by atoms with Gasteiger partial charge in [-0.3, -0.25) is 0 Å². The van der Waals surface area contributed by atoms with Crippen LogP contribution in [0.1, 0.15) is 64.7 Å². The lowest BCUT2D eigenvalue weighted by molar-refractivity contribution is -0.0283. The monoisotopic (exact) mass is 239 g/mol. The topological polar surface area (TPSA) is 35.2 Å². The molecule has 2 heteroatoms. The van der Waals surface area contributed by atoms with Crippen LogP contribution in [0.2, 0.25) is 0 Å². The van der Waals surface area contributed by atoms with Gasteiger partial charge in [0.1, 0.15) is 0 Å². The second-order valence-corrected chi connectivity index (χ2v) is 6.14. The predicted molar refractivity (Wildman–Crippen MR) is 71.9 cm³/mol. The van der Waals surface area contributed by atoms with E-state index in [1.165, 1.54) is 57.8 Å². The van der Waals surface area contributed by atoms with Crippen molar-refractivity contribution in [2.45, 2.75) is 76.9 Å². The molecule has 1 unspecified atom stereocenters. The van der Waals surface area contributed by atoms with Crippen LogP contribution in [0.25, 0.3) is 0 Å². The van der Waals surface area contributed by atoms with Crippen molar-refractivity contribution in [1.29, 1.82) is 0 Å². The van der Waals surface area contributed by atoms with E-state index in [0.29, 0.717) is 12.1 Å². The standard InChI is InChI=1S/C15H29NO/c1-2-17-15-10-13(11-15)9-14(16)8-7-12-5-3-4-6-12/h12-15H,2-11,16H2,1H3. The number of rotatable bonds is 7. The molecule has 2 N–H and O–H groups in total. The molecule has 0 amide bonds. The molecule has 2 nitrogen and oxygen atoms in total. The maximum atomic E-state index is 6.24. The molecule has 2 aliphatic carbocycles. The average molecular weight is 239 g/mol. The molecular weight excluding hydrogens is 210 g/mol. The summed E-state index contributed by atoms with van der Waals surface area (Å²) < 4.78 is 5.59. The molecular formula is C15H29NO. The van der Waals surface area contributed by atoms with Crippen molar-refractivity contribution in [1.82, 2.24) is 0 Å². The summed E-state index contributed by atoms with van der Waals surface area (Å²) >= 11 is 0. The second kappa shape index (κ2) is 6.75. The SMILES string of the molecule is CCOC1CC(CC(N)CCC2CCCC2)C1. The Hall–Kier alpha value is -0.0800. The van der Waals surface area contributed by atoms with Crippen LogP contribution >= 0.6 is 0 Å². The third kappa shape index (κ3) is 4.26. The van der Waals surface area contributed by atoms with Gasteiger partial charge in [-0.15, -0.1) is 0 Å². The largest absolute Gasteiger partial charge is 0.378 e. The first-order chi connectivity index (χ1) is 8.28. The van der Waals surface area contributed by atoms with E-state index in [1.54, 1.807) is 0 Å². The van der Waals surface area contributed by atoms with Gasteiger partial charge in [-0.2, -0.15) is 0 Å². The summed E-state index contributed by atoms with van der Waals surface area (Å²) in [5.74, 6) is 1.85. The Balaban J connectivity index is 1.51. The van der Waals surface area contributed by atoms with Crippen LogP contribution in [0.4, 0.5) is 0 Å². The summed E-state index contributed by atoms with van der Waals surface area (Å²) in [6.07, 6.45) is 12.8. The minimum absolute atomic E-state index is 0.447. The van der Waals surface area contributed by atoms with Crippen molar-refractivity contribution in [3.8, 4) is 0 Å². The molecule has 2 saturated carbocycles. The van der Waals surface area contributed by atoms with E-state index < -0.39 is 0 Å². The highest BCUT2D eigenvalue weighted by Gasteiger charge is 2.30. The average Bonchev–Trinajstić information content (AvgIpc) is 2.76. The highest BCUT2D eigenvalue weighted by molar-refractivity contribution is 4.83. The lowest BCUT2D eigenvalue weighted by Crippen LogP contribution is -2.36. The first kappa shape index (κ1) is 13.4. The van der Waals surface area contributed by atoms with Gasteiger partial charge < -0.3 is 10.5 Å². The van der Waals surface area contributed by atoms with Crippen molar-refractivity contribution < 1.29 is 4.74 Å². The van der Waals surface area contributed by atoms with E-state index in [4.69, 9.17) is 10.5 Å². The van der Waals surface area contributed by atoms with Gasteiger partial charge >= 0.3 is 0 Å². The van der Waals surface area contributed by atoms with Crippen LogP contribution in [0.5, 0.6) is 0 Å². The number of ether oxygens (including phenoxy) is 1. The van der Waals surface area contributed by atoms with Gasteiger partial charge in [-0.1, -0.05) is 25.7 Å². The molecule has 0 spiro atoms. The minimum Gasteiger partial charge on any atom is -0.378 e. The normalized spacial score (nSPS) is 31.4. The molecule has 2 fully saturated rings. The zero-order valence-electron chi connectivity index (χ0n) is 11.4. The summed E-state index contributed by atoms with van der Waals surface area (Å²) in [4.78, 5) is 0. The summed E-state index contributed by atoms with van der Waals surface area (Å²) in [7, 11) is 0. The van der Waals surface area contributed by atoms with Gasteiger partial charge in [0.05, 0.1) is 6.10 Å². The molecule has 0 saturated heterocycles. The Labute approximate surface area is 106 Å². The molecule has 2 rings (SSSR count). The fraction of sp³-hybridized carbons (Fsp3) is 1.00. The van der Waals surface area contributed by atoms with Crippen LogP contribution in [-0.4, -0.2) is 18.8 Å². The van der Waals surface area contributed by atoms with E-state index in [-0.39, 0.29) is 0 Å². The third-order valence-electron chi connectivity index (χ3n) is 4.65. The first-order valence-electron chi connectivity index (χ1n) is 7.65. The molecule has 2 aliphatic rings. The van der Waals surface area contributed by atoms with Crippen molar-refractivity contribution >= 4 is 0 Å². The maximum Gasteiger partial charge on any atom is 0.0580 e. The maximum absolute atomic E-state index is 6.24. The molecule has 0 aromatic heterocycles. The van der Waals surface area contributed by atoms with Crippen molar-refractivity contribution in [3.63, 3.8) is 0 Å². The van der Waals surface area contributed by atoms with Gasteiger partial charge in [0.25, 0.3) is 0 Å². The molecule has 100 valence electrons. The number of hydrogen-bond acceptors (Lipinski definition) is 2. The lowest BCUT2D eigenvalue weighted by atomic mass is 9.77. The van der Waals surface area contributed by atoms with E-state index in [0.717, 1.165) is 18.4 Å². The molecule has 0 radical (unpaired) electrons. The molecule has 0 bridgehead atoms. The van der Waals surface area contributed by atoms with Gasteiger partial charge in [-0.25, -0.2) is 0 Å². The predicted octanol–water partition coefficient (Wildman–Crippen LogP) is 3.49. The van der Waals surface area contributed by atoms with Gasteiger partial charge in [-0.05, 0) is 50.9 Å². The minimum atomic E-state index is 0.447. The van der Waals surface area contributed by atoms with Crippen LogP contribution < -0.4 is 5.73 Å². The Bertz CT molecular complexity index is 207. The molecule has 1 atom stereocenters. The molecule has 0 aliphatic heterocycles. The first-order valence-corrected chi connectivity index (χ1v) is 7.65. The molecule has 0 aromatic rings. The third-order valence-corrected chi connectivity index (χ3v) is 4.65. The van der Waals surface area contributed by atoms with Crippen LogP contribution in [-0.2, 0) is 4.74 Å². The Morgan fingerprint density at radius 3 is 2.53 bits per heavy atom. The summed E-state index contributed by atoms with van der Waals surface area (Å²) in [5, 5.41) is 0. The zero-order chi connectivity index (χ0) is 12.1. The van der Waals surface area contributed by atoms with Crippen molar-refractivity contribution in [2.24, 2.45) is 17.6 Å². The van der Waals surface area contributed by atoms with Crippen LogP contribution in [0.3, 0.4) is 0 Å². The Kier molecular flexibility index (Phi) is 5.30. The second-order valence-electron chi connectivity index (χ2n) is 6.14. The molecule has 0 aromatic carbocycles. The lowest BCUT2D eigenvalue weighted by Gasteiger charge is -2.36. The molecule has 0 heterocycles. The van der Waals surface area contributed by atoms with E-state index in [9.17, 15) is 0 Å². The van der Waals surface area contributed by atoms with E-state index in [2.05, 4.69) is 6.92 Å². The Morgan fingerprint density at radius 1 is 1.18 bits per heavy atom. The van der Waals surface area contributed by atoms with Gasteiger partial charge in [0, 0.05) is 12.6 Å². The fourth-order valence-electron chi connectivity index (χ4n) is 3.53. The van der Waals surface area contributed by atoms with Crippen molar-refractivity contribution in [3.05, 3.63) is 0 Å². The smallest absolute Gasteiger partial charge is 0.0580 e. The number of hydrogen-bond donors (Lipinski definition) is 1. The van der Waals surface area contributed by atoms with Gasteiger partial charge in [0.2, 0.25) is 0 Å². The zero-order valence-corrected chi connectivity index (χ0v) is 11.4. The highest BCUT2D eigenvalue weighted by Crippen LogP contribution is 2.35. The Morgan fingerprint density at radius 2 is 1.88 bits per heavy atom. The molecule has 17 heavy (non-hydrogen) atoms. The van der Waals surface area contributed by atoms with Crippen LogP contribution in [0, 0.1) is 11.8 Å². The number of nitrogens with two attached hydrogens (primary N) is 1. The van der Waals surface area contributed by atoms with Gasteiger partial charge in [0.15, 0.2) is 0 Å².